The van der Waals surface area contributed by atoms with E-state index in [0.717, 1.165) is 10.0 Å². The van der Waals surface area contributed by atoms with E-state index in [1.807, 2.05) is 18.2 Å². The lowest BCUT2D eigenvalue weighted by atomic mass is 10.1. The topological polar surface area (TPSA) is 62.3 Å². The second kappa shape index (κ2) is 5.88. The number of hydrogen-bond donors (Lipinski definition) is 1. The molecular formula is C16H14BrN3O2. The summed E-state index contributed by atoms with van der Waals surface area (Å²) in [6, 6.07) is 10.4. The standard InChI is InChI=1S/C16H14BrN3O2/c1-10(15(21)19-14-7-6-12(17)8-18-14)20-9-11-4-2-3-5-13(11)16(20)22/h2-8,10H,9H2,1H3,(H,18,19,21). The van der Waals surface area contributed by atoms with E-state index in [4.69, 9.17) is 0 Å². The van der Waals surface area contributed by atoms with Crippen molar-refractivity contribution in [3.63, 3.8) is 0 Å². The van der Waals surface area contributed by atoms with Gasteiger partial charge in [0.25, 0.3) is 5.91 Å². The van der Waals surface area contributed by atoms with Crippen molar-refractivity contribution in [2.75, 3.05) is 5.32 Å². The molecule has 3 rings (SSSR count). The van der Waals surface area contributed by atoms with E-state index in [0.29, 0.717) is 17.9 Å². The molecular weight excluding hydrogens is 346 g/mol. The van der Waals surface area contributed by atoms with E-state index in [1.165, 1.54) is 0 Å². The number of halogens is 1. The third kappa shape index (κ3) is 2.74. The minimum absolute atomic E-state index is 0.109. The molecule has 0 saturated carbocycles. The Morgan fingerprint density at radius 2 is 2.09 bits per heavy atom. The van der Waals surface area contributed by atoms with E-state index >= 15 is 0 Å². The van der Waals surface area contributed by atoms with E-state index in [1.54, 1.807) is 36.2 Å². The maximum Gasteiger partial charge on any atom is 0.255 e. The van der Waals surface area contributed by atoms with Crippen LogP contribution in [-0.2, 0) is 11.3 Å². The van der Waals surface area contributed by atoms with E-state index in [-0.39, 0.29) is 11.8 Å². The van der Waals surface area contributed by atoms with Crippen LogP contribution in [0.3, 0.4) is 0 Å². The molecule has 0 spiro atoms. The number of anilines is 1. The number of nitrogens with one attached hydrogen (secondary N) is 1. The lowest BCUT2D eigenvalue weighted by molar-refractivity contribution is -0.120. The van der Waals surface area contributed by atoms with Crippen LogP contribution in [0.25, 0.3) is 0 Å². The van der Waals surface area contributed by atoms with E-state index < -0.39 is 6.04 Å². The molecule has 2 amide bonds. The summed E-state index contributed by atoms with van der Waals surface area (Å²) in [5.41, 5.74) is 1.62. The molecule has 1 atom stereocenters. The Bertz CT molecular complexity index is 730. The number of carbonyl (C=O) groups excluding carboxylic acids is 2. The summed E-state index contributed by atoms with van der Waals surface area (Å²) in [6.07, 6.45) is 1.61. The van der Waals surface area contributed by atoms with Gasteiger partial charge in [-0.15, -0.1) is 0 Å². The van der Waals surface area contributed by atoms with Gasteiger partial charge in [-0.1, -0.05) is 18.2 Å². The fraction of sp³-hybridized carbons (Fsp3) is 0.188. The molecule has 5 nitrogen and oxygen atoms in total. The number of aromatic nitrogens is 1. The molecule has 0 fully saturated rings. The average molecular weight is 360 g/mol. The smallest absolute Gasteiger partial charge is 0.255 e. The van der Waals surface area contributed by atoms with Gasteiger partial charge < -0.3 is 10.2 Å². The lowest BCUT2D eigenvalue weighted by Gasteiger charge is -2.23. The van der Waals surface area contributed by atoms with Gasteiger partial charge in [-0.2, -0.15) is 0 Å². The van der Waals surface area contributed by atoms with Gasteiger partial charge >= 0.3 is 0 Å². The molecule has 112 valence electrons. The molecule has 2 aromatic rings. The van der Waals surface area contributed by atoms with Gasteiger partial charge in [0, 0.05) is 22.8 Å². The molecule has 1 unspecified atom stereocenters. The van der Waals surface area contributed by atoms with Crippen molar-refractivity contribution < 1.29 is 9.59 Å². The van der Waals surface area contributed by atoms with Crippen LogP contribution >= 0.6 is 15.9 Å². The minimum atomic E-state index is -0.564. The highest BCUT2D eigenvalue weighted by molar-refractivity contribution is 9.10. The van der Waals surface area contributed by atoms with Crippen molar-refractivity contribution in [3.8, 4) is 0 Å². The Labute approximate surface area is 136 Å². The number of pyridine rings is 1. The van der Waals surface area contributed by atoms with Gasteiger partial charge in [0.15, 0.2) is 0 Å². The summed E-state index contributed by atoms with van der Waals surface area (Å²) in [5.74, 6) is 0.0993. The summed E-state index contributed by atoms with van der Waals surface area (Å²) >= 11 is 3.29. The summed E-state index contributed by atoms with van der Waals surface area (Å²) in [5, 5.41) is 2.73. The summed E-state index contributed by atoms with van der Waals surface area (Å²) < 4.78 is 0.837. The fourth-order valence-corrected chi connectivity index (χ4v) is 2.65. The second-order valence-corrected chi connectivity index (χ2v) is 6.03. The number of amides is 2. The highest BCUT2D eigenvalue weighted by atomic mass is 79.9. The first-order valence-corrected chi connectivity index (χ1v) is 7.67. The first-order valence-electron chi connectivity index (χ1n) is 6.87. The average Bonchev–Trinajstić information content (AvgIpc) is 2.86. The first-order chi connectivity index (χ1) is 10.6. The molecule has 0 aliphatic carbocycles. The Morgan fingerprint density at radius 1 is 1.32 bits per heavy atom. The second-order valence-electron chi connectivity index (χ2n) is 5.12. The Morgan fingerprint density at radius 3 is 2.77 bits per heavy atom. The molecule has 6 heteroatoms. The van der Waals surface area contributed by atoms with Crippen LogP contribution in [0.1, 0.15) is 22.8 Å². The Hall–Kier alpha value is -2.21. The third-order valence-corrected chi connectivity index (χ3v) is 4.14. The van der Waals surface area contributed by atoms with Crippen LogP contribution in [0.2, 0.25) is 0 Å². The molecule has 1 N–H and O–H groups in total. The normalized spacial score (nSPS) is 14.6. The van der Waals surface area contributed by atoms with Crippen LogP contribution < -0.4 is 5.32 Å². The van der Waals surface area contributed by atoms with Crippen molar-refractivity contribution in [3.05, 3.63) is 58.2 Å². The molecule has 1 aliphatic rings. The largest absolute Gasteiger partial charge is 0.323 e. The highest BCUT2D eigenvalue weighted by Crippen LogP contribution is 2.24. The number of carbonyl (C=O) groups is 2. The van der Waals surface area contributed by atoms with Gasteiger partial charge in [-0.05, 0) is 46.6 Å². The molecule has 1 aromatic carbocycles. The highest BCUT2D eigenvalue weighted by Gasteiger charge is 2.33. The Kier molecular flexibility index (Phi) is 3.94. The van der Waals surface area contributed by atoms with Crippen LogP contribution in [0.4, 0.5) is 5.82 Å². The number of rotatable bonds is 3. The Balaban J connectivity index is 1.72. The van der Waals surface area contributed by atoms with E-state index in [2.05, 4.69) is 26.2 Å². The number of nitrogens with zero attached hydrogens (tertiary/aromatic N) is 2. The monoisotopic (exact) mass is 359 g/mol. The molecule has 2 heterocycles. The molecule has 0 radical (unpaired) electrons. The predicted octanol–water partition coefficient (Wildman–Crippen LogP) is 2.83. The van der Waals surface area contributed by atoms with Gasteiger partial charge in [-0.3, -0.25) is 9.59 Å². The zero-order chi connectivity index (χ0) is 15.7. The van der Waals surface area contributed by atoms with Crippen LogP contribution in [0.15, 0.2) is 47.1 Å². The van der Waals surface area contributed by atoms with Gasteiger partial charge in [0.05, 0.1) is 0 Å². The molecule has 22 heavy (non-hydrogen) atoms. The van der Waals surface area contributed by atoms with Gasteiger partial charge in [-0.25, -0.2) is 4.98 Å². The number of hydrogen-bond acceptors (Lipinski definition) is 3. The van der Waals surface area contributed by atoms with Crippen molar-refractivity contribution in [1.29, 1.82) is 0 Å². The molecule has 0 bridgehead atoms. The lowest BCUT2D eigenvalue weighted by Crippen LogP contribution is -2.42. The summed E-state index contributed by atoms with van der Waals surface area (Å²) in [6.45, 7) is 2.18. The van der Waals surface area contributed by atoms with Crippen LogP contribution in [-0.4, -0.2) is 27.7 Å². The fourth-order valence-electron chi connectivity index (χ4n) is 2.41. The number of fused-ring (bicyclic) bond motifs is 1. The van der Waals surface area contributed by atoms with Crippen LogP contribution in [0, 0.1) is 0 Å². The van der Waals surface area contributed by atoms with Crippen molar-refractivity contribution >= 4 is 33.6 Å². The van der Waals surface area contributed by atoms with Crippen molar-refractivity contribution in [2.24, 2.45) is 0 Å². The van der Waals surface area contributed by atoms with Crippen molar-refractivity contribution in [2.45, 2.75) is 19.5 Å². The number of benzene rings is 1. The maximum atomic E-state index is 12.4. The predicted molar refractivity (Wildman–Crippen MR) is 86.3 cm³/mol. The van der Waals surface area contributed by atoms with Crippen molar-refractivity contribution in [1.82, 2.24) is 9.88 Å². The third-order valence-electron chi connectivity index (χ3n) is 3.67. The molecule has 1 aromatic heterocycles. The first kappa shape index (κ1) is 14.7. The zero-order valence-electron chi connectivity index (χ0n) is 11.9. The van der Waals surface area contributed by atoms with E-state index in [9.17, 15) is 9.59 Å². The summed E-state index contributed by atoms with van der Waals surface area (Å²) in [7, 11) is 0. The molecule has 1 aliphatic heterocycles. The van der Waals surface area contributed by atoms with Crippen LogP contribution in [0.5, 0.6) is 0 Å². The SMILES string of the molecule is CC(C(=O)Nc1ccc(Br)cn1)N1Cc2ccccc2C1=O. The van der Waals surface area contributed by atoms with Gasteiger partial charge in [0.2, 0.25) is 5.91 Å². The maximum absolute atomic E-state index is 12.4. The molecule has 0 saturated heterocycles. The summed E-state index contributed by atoms with van der Waals surface area (Å²) in [4.78, 5) is 30.4. The van der Waals surface area contributed by atoms with Gasteiger partial charge in [0.1, 0.15) is 11.9 Å². The minimum Gasteiger partial charge on any atom is -0.323 e. The quantitative estimate of drug-likeness (QED) is 0.916. The zero-order valence-corrected chi connectivity index (χ0v) is 13.5.